The molecular formula is C8H16N2O4. The number of hydrogen-bond acceptors (Lipinski definition) is 5. The molecule has 1 aliphatic rings. The van der Waals surface area contributed by atoms with Gasteiger partial charge in [0.25, 0.3) is 0 Å². The van der Waals surface area contributed by atoms with Crippen LogP contribution in [-0.4, -0.2) is 59.7 Å². The van der Waals surface area contributed by atoms with Gasteiger partial charge in [-0.1, -0.05) is 0 Å². The molecule has 1 heterocycles. The summed E-state index contributed by atoms with van der Waals surface area (Å²) in [4.78, 5) is 11.3. The third-order valence-corrected chi connectivity index (χ3v) is 2.33. The minimum Gasteiger partial charge on any atom is -0.393 e. The number of nitrogens with one attached hydrogen (secondary N) is 2. The van der Waals surface area contributed by atoms with Crippen molar-refractivity contribution in [2.45, 2.75) is 5.60 Å². The Labute approximate surface area is 81.9 Å². The predicted molar refractivity (Wildman–Crippen MR) is 48.5 cm³/mol. The number of rotatable bonds is 5. The minimum absolute atomic E-state index is 0.0587. The van der Waals surface area contributed by atoms with Gasteiger partial charge in [0.2, 0.25) is 5.91 Å². The molecule has 1 amide bonds. The van der Waals surface area contributed by atoms with E-state index in [1.807, 2.05) is 0 Å². The van der Waals surface area contributed by atoms with Crippen LogP contribution in [0.5, 0.6) is 0 Å². The molecule has 6 nitrogen and oxygen atoms in total. The minimum atomic E-state index is -1.62. The van der Waals surface area contributed by atoms with E-state index in [1.165, 1.54) is 0 Å². The van der Waals surface area contributed by atoms with E-state index >= 15 is 0 Å². The van der Waals surface area contributed by atoms with Gasteiger partial charge in [0, 0.05) is 13.1 Å². The molecule has 1 aliphatic heterocycles. The Kier molecular flexibility index (Phi) is 3.82. The van der Waals surface area contributed by atoms with Gasteiger partial charge < -0.3 is 26.0 Å². The quantitative estimate of drug-likeness (QED) is 0.329. The predicted octanol–water partition coefficient (Wildman–Crippen LogP) is -2.96. The summed E-state index contributed by atoms with van der Waals surface area (Å²) in [6, 6.07) is 0. The maximum Gasteiger partial charge on any atom is 0.225 e. The zero-order valence-corrected chi connectivity index (χ0v) is 7.86. The smallest absolute Gasteiger partial charge is 0.225 e. The molecule has 0 radical (unpaired) electrons. The van der Waals surface area contributed by atoms with Crippen LogP contribution in [0.2, 0.25) is 0 Å². The molecule has 0 aromatic carbocycles. The van der Waals surface area contributed by atoms with Gasteiger partial charge in [-0.05, 0) is 0 Å². The van der Waals surface area contributed by atoms with Crippen LogP contribution in [0, 0.1) is 5.92 Å². The number of carbonyl (C=O) groups excluding carboxylic acids is 1. The third kappa shape index (κ3) is 2.65. The van der Waals surface area contributed by atoms with Crippen molar-refractivity contribution in [3.05, 3.63) is 0 Å². The fraction of sp³-hybridized carbons (Fsp3) is 0.875. The second kappa shape index (κ2) is 4.70. The molecule has 5 N–H and O–H groups in total. The third-order valence-electron chi connectivity index (χ3n) is 2.33. The second-order valence-electron chi connectivity index (χ2n) is 3.61. The Morgan fingerprint density at radius 2 is 2.00 bits per heavy atom. The summed E-state index contributed by atoms with van der Waals surface area (Å²) in [6.45, 7) is -0.000248. The van der Waals surface area contributed by atoms with Crippen LogP contribution in [0.1, 0.15) is 0 Å². The maximum atomic E-state index is 11.3. The van der Waals surface area contributed by atoms with Crippen molar-refractivity contribution >= 4 is 5.91 Å². The van der Waals surface area contributed by atoms with Crippen molar-refractivity contribution in [2.24, 2.45) is 5.92 Å². The van der Waals surface area contributed by atoms with Crippen molar-refractivity contribution < 1.29 is 20.1 Å². The molecule has 82 valence electrons. The van der Waals surface area contributed by atoms with Crippen LogP contribution in [0.25, 0.3) is 0 Å². The highest BCUT2D eigenvalue weighted by Gasteiger charge is 2.29. The topological polar surface area (TPSA) is 102 Å². The highest BCUT2D eigenvalue weighted by atomic mass is 16.4. The van der Waals surface area contributed by atoms with Gasteiger partial charge in [-0.3, -0.25) is 4.79 Å². The first-order valence-electron chi connectivity index (χ1n) is 4.54. The molecule has 0 bridgehead atoms. The molecule has 1 fully saturated rings. The lowest BCUT2D eigenvalue weighted by atomic mass is 10.0. The molecular weight excluding hydrogens is 188 g/mol. The second-order valence-corrected chi connectivity index (χ2v) is 3.61. The number of amides is 1. The van der Waals surface area contributed by atoms with E-state index < -0.39 is 18.8 Å². The largest absolute Gasteiger partial charge is 0.393 e. The van der Waals surface area contributed by atoms with E-state index in [1.54, 1.807) is 0 Å². The Morgan fingerprint density at radius 1 is 1.43 bits per heavy atom. The number of aliphatic hydroxyl groups excluding tert-OH is 2. The first-order valence-corrected chi connectivity index (χ1v) is 4.54. The lowest BCUT2D eigenvalue weighted by molar-refractivity contribution is -0.128. The van der Waals surface area contributed by atoms with Crippen LogP contribution in [0.4, 0.5) is 0 Å². The molecule has 0 atom stereocenters. The maximum absolute atomic E-state index is 11.3. The van der Waals surface area contributed by atoms with Crippen molar-refractivity contribution in [2.75, 3.05) is 32.8 Å². The summed E-state index contributed by atoms with van der Waals surface area (Å²) < 4.78 is 0. The SMILES string of the molecule is O=C(NCC(O)(CO)CO)C1CNC1. The van der Waals surface area contributed by atoms with Crippen molar-refractivity contribution in [3.63, 3.8) is 0 Å². The van der Waals surface area contributed by atoms with Gasteiger partial charge in [0.15, 0.2) is 0 Å². The number of hydrogen-bond donors (Lipinski definition) is 5. The van der Waals surface area contributed by atoms with E-state index in [9.17, 15) is 9.90 Å². The lowest BCUT2D eigenvalue weighted by Crippen LogP contribution is -2.55. The van der Waals surface area contributed by atoms with E-state index in [0.717, 1.165) is 0 Å². The zero-order valence-electron chi connectivity index (χ0n) is 7.86. The van der Waals surface area contributed by atoms with E-state index in [0.29, 0.717) is 13.1 Å². The van der Waals surface area contributed by atoms with Crippen LogP contribution in [-0.2, 0) is 4.79 Å². The monoisotopic (exact) mass is 204 g/mol. The first kappa shape index (κ1) is 11.4. The van der Waals surface area contributed by atoms with Gasteiger partial charge in [0.05, 0.1) is 25.7 Å². The van der Waals surface area contributed by atoms with Crippen LogP contribution in [0.3, 0.4) is 0 Å². The van der Waals surface area contributed by atoms with Crippen LogP contribution in [0.15, 0.2) is 0 Å². The van der Waals surface area contributed by atoms with E-state index in [4.69, 9.17) is 10.2 Å². The summed E-state index contributed by atoms with van der Waals surface area (Å²) >= 11 is 0. The molecule has 0 aromatic rings. The number of aliphatic hydroxyl groups is 3. The van der Waals surface area contributed by atoms with Gasteiger partial charge >= 0.3 is 0 Å². The van der Waals surface area contributed by atoms with Gasteiger partial charge in [-0.25, -0.2) is 0 Å². The van der Waals surface area contributed by atoms with Crippen molar-refractivity contribution in [3.8, 4) is 0 Å². The van der Waals surface area contributed by atoms with Gasteiger partial charge in [-0.2, -0.15) is 0 Å². The average Bonchev–Trinajstić information content (AvgIpc) is 2.11. The fourth-order valence-corrected chi connectivity index (χ4v) is 1.03. The summed E-state index contributed by atoms with van der Waals surface area (Å²) in [6.07, 6.45) is 0. The Balaban J connectivity index is 2.27. The number of carbonyl (C=O) groups is 1. The first-order chi connectivity index (χ1) is 6.61. The molecule has 0 aliphatic carbocycles. The summed E-state index contributed by atoms with van der Waals surface area (Å²) in [5.41, 5.74) is -1.62. The van der Waals surface area contributed by atoms with Gasteiger partial charge in [0.1, 0.15) is 5.60 Å². The highest BCUT2D eigenvalue weighted by Crippen LogP contribution is 2.04. The summed E-state index contributed by atoms with van der Waals surface area (Å²) in [5, 5.41) is 32.3. The van der Waals surface area contributed by atoms with Gasteiger partial charge in [-0.15, -0.1) is 0 Å². The Hall–Kier alpha value is -0.690. The standard InChI is InChI=1S/C8H16N2O4/c11-4-8(14,5-12)3-10-7(13)6-1-9-2-6/h6,9,11-12,14H,1-5H2,(H,10,13). The molecule has 14 heavy (non-hydrogen) atoms. The molecule has 0 aromatic heterocycles. The fourth-order valence-electron chi connectivity index (χ4n) is 1.03. The van der Waals surface area contributed by atoms with E-state index in [-0.39, 0.29) is 18.4 Å². The zero-order chi connectivity index (χ0) is 10.6. The van der Waals surface area contributed by atoms with E-state index in [2.05, 4.69) is 10.6 Å². The molecule has 0 unspecified atom stereocenters. The lowest BCUT2D eigenvalue weighted by Gasteiger charge is -2.28. The molecule has 6 heteroatoms. The Morgan fingerprint density at radius 3 is 2.36 bits per heavy atom. The summed E-state index contributed by atoms with van der Waals surface area (Å²) in [7, 11) is 0. The van der Waals surface area contributed by atoms with Crippen molar-refractivity contribution in [1.29, 1.82) is 0 Å². The highest BCUT2D eigenvalue weighted by molar-refractivity contribution is 5.80. The Bertz CT molecular complexity index is 202. The normalized spacial score (nSPS) is 17.6. The van der Waals surface area contributed by atoms with Crippen LogP contribution >= 0.6 is 0 Å². The van der Waals surface area contributed by atoms with Crippen LogP contribution < -0.4 is 10.6 Å². The molecule has 1 rings (SSSR count). The van der Waals surface area contributed by atoms with Crippen molar-refractivity contribution in [1.82, 2.24) is 10.6 Å². The molecule has 0 spiro atoms. The summed E-state index contributed by atoms with van der Waals surface area (Å²) in [5.74, 6) is -0.222. The average molecular weight is 204 g/mol. The molecule has 0 saturated carbocycles. The molecule has 1 saturated heterocycles.